The molecule has 0 saturated carbocycles. The number of benzene rings is 3. The maximum atomic E-state index is 13.0. The highest BCUT2D eigenvalue weighted by atomic mass is 16.5. The molecule has 0 saturated heterocycles. The van der Waals surface area contributed by atoms with Crippen LogP contribution in [-0.2, 0) is 32.1 Å². The number of rotatable bonds is 12. The lowest BCUT2D eigenvalue weighted by molar-refractivity contribution is -0.145. The summed E-state index contributed by atoms with van der Waals surface area (Å²) in [4.78, 5) is 25.5. The van der Waals surface area contributed by atoms with Crippen molar-refractivity contribution in [2.24, 2.45) is 5.92 Å². The molecule has 35 heavy (non-hydrogen) atoms. The van der Waals surface area contributed by atoms with Crippen LogP contribution in [-0.4, -0.2) is 31.7 Å². The number of hydrogen-bond donors (Lipinski definition) is 1. The molecule has 1 N–H and O–H groups in total. The number of hydrogen-bond acceptors (Lipinski definition) is 6. The van der Waals surface area contributed by atoms with E-state index in [4.69, 9.17) is 14.2 Å². The average Bonchev–Trinajstić information content (AvgIpc) is 2.90. The van der Waals surface area contributed by atoms with Gasteiger partial charge in [-0.05, 0) is 48.7 Å². The molecule has 3 aromatic rings. The van der Waals surface area contributed by atoms with E-state index in [2.05, 4.69) is 5.32 Å². The summed E-state index contributed by atoms with van der Waals surface area (Å²) in [6.45, 7) is 2.20. The molecule has 0 unspecified atom stereocenters. The van der Waals surface area contributed by atoms with Crippen LogP contribution in [0.25, 0.3) is 0 Å². The lowest BCUT2D eigenvalue weighted by atomic mass is 9.91. The normalized spacial score (nSPS) is 12.5. The molecule has 0 spiro atoms. The fourth-order valence-electron chi connectivity index (χ4n) is 3.60. The Balaban J connectivity index is 1.81. The highest BCUT2D eigenvalue weighted by Crippen LogP contribution is 2.22. The molecular weight excluding hydrogens is 442 g/mol. The summed E-state index contributed by atoms with van der Waals surface area (Å²) in [6.07, 6.45) is 3.63. The van der Waals surface area contributed by atoms with Gasteiger partial charge in [-0.3, -0.25) is 0 Å². The van der Waals surface area contributed by atoms with Crippen molar-refractivity contribution in [3.63, 3.8) is 0 Å². The first kappa shape index (κ1) is 25.6. The van der Waals surface area contributed by atoms with E-state index in [1.807, 2.05) is 84.9 Å². The SMILES string of the molecule is CCOC(=O)[C@H](Nc1ccc(OC)cc1)[C@@H](/C=C/C(=O)OCc1ccccc1)Cc1ccccc1. The Hall–Kier alpha value is -4.06. The molecule has 0 fully saturated rings. The van der Waals surface area contributed by atoms with Crippen LogP contribution in [0.1, 0.15) is 18.1 Å². The molecule has 0 heterocycles. The third-order valence-corrected chi connectivity index (χ3v) is 5.40. The predicted octanol–water partition coefficient (Wildman–Crippen LogP) is 5.20. The van der Waals surface area contributed by atoms with Crippen molar-refractivity contribution in [2.45, 2.75) is 26.0 Å². The number of anilines is 1. The van der Waals surface area contributed by atoms with Gasteiger partial charge < -0.3 is 19.5 Å². The standard InChI is InChI=1S/C29H31NO5/c1-3-34-29(32)28(30-25-15-17-26(33-2)18-16-25)24(20-22-10-6-4-7-11-22)14-19-27(31)35-21-23-12-8-5-9-13-23/h4-19,24,28,30H,3,20-21H2,1-2H3/b19-14+/t24-,28+/m0/s1. The van der Waals surface area contributed by atoms with Gasteiger partial charge in [-0.15, -0.1) is 0 Å². The summed E-state index contributed by atoms with van der Waals surface area (Å²) in [5.41, 5.74) is 2.67. The van der Waals surface area contributed by atoms with Crippen molar-refractivity contribution in [2.75, 3.05) is 19.0 Å². The molecule has 0 aliphatic heterocycles. The number of esters is 2. The molecule has 6 heteroatoms. The summed E-state index contributed by atoms with van der Waals surface area (Å²) < 4.78 is 16.0. The Morgan fingerprint density at radius 1 is 0.857 bits per heavy atom. The quantitative estimate of drug-likeness (QED) is 0.288. The predicted molar refractivity (Wildman–Crippen MR) is 136 cm³/mol. The van der Waals surface area contributed by atoms with Gasteiger partial charge in [0.25, 0.3) is 0 Å². The number of carbonyl (C=O) groups is 2. The maximum absolute atomic E-state index is 13.0. The summed E-state index contributed by atoms with van der Waals surface area (Å²) in [5, 5.41) is 3.28. The summed E-state index contributed by atoms with van der Waals surface area (Å²) in [6, 6.07) is 25.9. The molecule has 182 valence electrons. The van der Waals surface area contributed by atoms with E-state index in [1.54, 1.807) is 20.1 Å². The second-order valence-corrected chi connectivity index (χ2v) is 7.91. The van der Waals surface area contributed by atoms with Gasteiger partial charge in [0.1, 0.15) is 18.4 Å². The lowest BCUT2D eigenvalue weighted by Crippen LogP contribution is -2.39. The highest BCUT2D eigenvalue weighted by molar-refractivity contribution is 5.83. The Morgan fingerprint density at radius 2 is 1.49 bits per heavy atom. The van der Waals surface area contributed by atoms with Gasteiger partial charge >= 0.3 is 11.9 Å². The van der Waals surface area contributed by atoms with Crippen LogP contribution in [0.4, 0.5) is 5.69 Å². The highest BCUT2D eigenvalue weighted by Gasteiger charge is 2.28. The molecule has 2 atom stereocenters. The van der Waals surface area contributed by atoms with Crippen LogP contribution in [0.15, 0.2) is 97.1 Å². The van der Waals surface area contributed by atoms with E-state index in [1.165, 1.54) is 6.08 Å². The molecule has 0 radical (unpaired) electrons. The van der Waals surface area contributed by atoms with Crippen LogP contribution in [0.2, 0.25) is 0 Å². The molecule has 3 aromatic carbocycles. The minimum absolute atomic E-state index is 0.179. The number of nitrogens with one attached hydrogen (secondary N) is 1. The van der Waals surface area contributed by atoms with Crippen molar-refractivity contribution in [3.05, 3.63) is 108 Å². The minimum Gasteiger partial charge on any atom is -0.497 e. The molecule has 0 bridgehead atoms. The van der Waals surface area contributed by atoms with E-state index in [-0.39, 0.29) is 19.1 Å². The van der Waals surface area contributed by atoms with Crippen molar-refractivity contribution < 1.29 is 23.8 Å². The van der Waals surface area contributed by atoms with Gasteiger partial charge in [0, 0.05) is 17.7 Å². The smallest absolute Gasteiger partial charge is 0.330 e. The monoisotopic (exact) mass is 473 g/mol. The Labute approximate surface area is 206 Å². The first-order valence-electron chi connectivity index (χ1n) is 11.6. The van der Waals surface area contributed by atoms with Crippen molar-refractivity contribution in [1.29, 1.82) is 0 Å². The van der Waals surface area contributed by atoms with E-state index in [9.17, 15) is 9.59 Å². The van der Waals surface area contributed by atoms with Gasteiger partial charge in [0.15, 0.2) is 0 Å². The van der Waals surface area contributed by atoms with Crippen LogP contribution in [0.5, 0.6) is 5.75 Å². The summed E-state index contributed by atoms with van der Waals surface area (Å²) in [7, 11) is 1.60. The molecule has 0 aliphatic rings. The third-order valence-electron chi connectivity index (χ3n) is 5.40. The van der Waals surface area contributed by atoms with Crippen LogP contribution >= 0.6 is 0 Å². The van der Waals surface area contributed by atoms with Crippen LogP contribution in [0.3, 0.4) is 0 Å². The van der Waals surface area contributed by atoms with Crippen LogP contribution < -0.4 is 10.1 Å². The van der Waals surface area contributed by atoms with Crippen molar-refractivity contribution in [1.82, 2.24) is 0 Å². The van der Waals surface area contributed by atoms with Gasteiger partial charge in [0.2, 0.25) is 0 Å². The molecule has 3 rings (SSSR count). The van der Waals surface area contributed by atoms with E-state index in [0.29, 0.717) is 12.2 Å². The topological polar surface area (TPSA) is 73.9 Å². The second kappa shape index (κ2) is 13.6. The zero-order valence-electron chi connectivity index (χ0n) is 20.1. The van der Waals surface area contributed by atoms with Crippen LogP contribution in [0, 0.1) is 5.92 Å². The van der Waals surface area contributed by atoms with E-state index in [0.717, 1.165) is 16.8 Å². The number of methoxy groups -OCH3 is 1. The van der Waals surface area contributed by atoms with Gasteiger partial charge in [-0.25, -0.2) is 9.59 Å². The fourth-order valence-corrected chi connectivity index (χ4v) is 3.60. The zero-order chi connectivity index (χ0) is 24.9. The summed E-state index contributed by atoms with van der Waals surface area (Å²) >= 11 is 0. The van der Waals surface area contributed by atoms with Gasteiger partial charge in [-0.1, -0.05) is 66.7 Å². The third kappa shape index (κ3) is 8.34. The molecule has 0 aliphatic carbocycles. The number of ether oxygens (including phenoxy) is 3. The first-order valence-corrected chi connectivity index (χ1v) is 11.6. The number of carbonyl (C=O) groups excluding carboxylic acids is 2. The fraction of sp³-hybridized carbons (Fsp3) is 0.241. The maximum Gasteiger partial charge on any atom is 0.330 e. The lowest BCUT2D eigenvalue weighted by Gasteiger charge is -2.25. The molecule has 0 amide bonds. The van der Waals surface area contributed by atoms with E-state index >= 15 is 0 Å². The Morgan fingerprint density at radius 3 is 2.09 bits per heavy atom. The molecule has 0 aromatic heterocycles. The average molecular weight is 474 g/mol. The minimum atomic E-state index is -0.721. The van der Waals surface area contributed by atoms with Gasteiger partial charge in [0.05, 0.1) is 13.7 Å². The second-order valence-electron chi connectivity index (χ2n) is 7.91. The Bertz CT molecular complexity index is 1080. The van der Waals surface area contributed by atoms with Gasteiger partial charge in [-0.2, -0.15) is 0 Å². The molecule has 6 nitrogen and oxygen atoms in total. The Kier molecular flexibility index (Phi) is 9.93. The first-order chi connectivity index (χ1) is 17.1. The van der Waals surface area contributed by atoms with E-state index < -0.39 is 18.0 Å². The largest absolute Gasteiger partial charge is 0.497 e. The molecular formula is C29H31NO5. The van der Waals surface area contributed by atoms with Crippen molar-refractivity contribution in [3.8, 4) is 5.75 Å². The summed E-state index contributed by atoms with van der Waals surface area (Å²) in [5.74, 6) is -0.529. The zero-order valence-corrected chi connectivity index (χ0v) is 20.1. The van der Waals surface area contributed by atoms with Crippen molar-refractivity contribution >= 4 is 17.6 Å².